The number of aromatic nitrogens is 1. The fourth-order valence-electron chi connectivity index (χ4n) is 6.02. The molecule has 1 aromatic heterocycles. The molecule has 0 radical (unpaired) electrons. The third-order valence-corrected chi connectivity index (χ3v) is 8.71. The Labute approximate surface area is 266 Å². The summed E-state index contributed by atoms with van der Waals surface area (Å²) < 4.78 is 5.49. The maximum Gasteiger partial charge on any atom is 0.252 e. The van der Waals surface area contributed by atoms with Gasteiger partial charge >= 0.3 is 0 Å². The predicted molar refractivity (Wildman–Crippen MR) is 181 cm³/mol. The fourth-order valence-corrected chi connectivity index (χ4v) is 6.32. The minimum atomic E-state index is -0.173. The second-order valence-electron chi connectivity index (χ2n) is 11.5. The van der Waals surface area contributed by atoms with E-state index >= 15 is 0 Å². The monoisotopic (exact) mass is 621 g/mol. The first-order chi connectivity index (χ1) is 21.2. The maximum atomic E-state index is 12.6. The van der Waals surface area contributed by atoms with Crippen molar-refractivity contribution in [1.82, 2.24) is 15.3 Å². The van der Waals surface area contributed by atoms with Gasteiger partial charge in [-0.25, -0.2) is 5.43 Å². The van der Waals surface area contributed by atoms with Crippen LogP contribution in [0.25, 0.3) is 11.1 Å². The van der Waals surface area contributed by atoms with Crippen LogP contribution in [-0.2, 0) is 22.6 Å². The summed E-state index contributed by atoms with van der Waals surface area (Å²) in [5, 5.41) is 12.4. The van der Waals surface area contributed by atoms with Crippen molar-refractivity contribution < 1.29 is 14.7 Å². The van der Waals surface area contributed by atoms with Gasteiger partial charge in [0, 0.05) is 62.1 Å². The lowest BCUT2D eigenvalue weighted by atomic mass is 9.97. The number of benzene rings is 2. The van der Waals surface area contributed by atoms with E-state index in [1.807, 2.05) is 32.9 Å². The Morgan fingerprint density at radius 3 is 2.41 bits per heavy atom. The summed E-state index contributed by atoms with van der Waals surface area (Å²) in [6, 6.07) is 14.8. The molecule has 3 aromatic rings. The SMILES string of the molecule is CCN(c1cc(-c2ccc(CN3CCOCC3)cc2)cc(N(O)NCc2c(C)cc(C)[nH]c2=O)c1C)C(CCS)CCC=O. The predicted octanol–water partition coefficient (Wildman–Crippen LogP) is 5.19. The van der Waals surface area contributed by atoms with Gasteiger partial charge in [-0.2, -0.15) is 17.8 Å². The highest BCUT2D eigenvalue weighted by atomic mass is 32.1. The molecule has 1 saturated heterocycles. The zero-order chi connectivity index (χ0) is 31.6. The number of carbonyl (C=O) groups is 1. The Hall–Kier alpha value is -3.15. The number of carbonyl (C=O) groups excluding carboxylic acids is 1. The number of aryl methyl sites for hydroxylation is 2. The number of pyridine rings is 1. The van der Waals surface area contributed by atoms with E-state index in [9.17, 15) is 14.8 Å². The topological polar surface area (TPSA) is 101 Å². The van der Waals surface area contributed by atoms with Gasteiger partial charge in [0.2, 0.25) is 0 Å². The first kappa shape index (κ1) is 33.7. The highest BCUT2D eigenvalue weighted by molar-refractivity contribution is 7.80. The Morgan fingerprint density at radius 2 is 1.77 bits per heavy atom. The van der Waals surface area contributed by atoms with E-state index in [1.54, 1.807) is 0 Å². The molecule has 1 fully saturated rings. The lowest BCUT2D eigenvalue weighted by Crippen LogP contribution is -2.39. The van der Waals surface area contributed by atoms with Crippen LogP contribution in [0.3, 0.4) is 0 Å². The van der Waals surface area contributed by atoms with E-state index in [-0.39, 0.29) is 18.1 Å². The average Bonchev–Trinajstić information content (AvgIpc) is 3.01. The molecule has 0 bridgehead atoms. The molecule has 9 nitrogen and oxygen atoms in total. The second-order valence-corrected chi connectivity index (χ2v) is 12.0. The second kappa shape index (κ2) is 16.2. The van der Waals surface area contributed by atoms with Crippen LogP contribution in [-0.4, -0.2) is 66.0 Å². The number of hydrogen-bond acceptors (Lipinski definition) is 9. The zero-order valence-electron chi connectivity index (χ0n) is 26.4. The van der Waals surface area contributed by atoms with Crippen LogP contribution in [0.1, 0.15) is 54.1 Å². The Morgan fingerprint density at radius 1 is 1.07 bits per heavy atom. The molecule has 10 heteroatoms. The highest BCUT2D eigenvalue weighted by Crippen LogP contribution is 2.37. The normalized spacial score (nSPS) is 14.4. The summed E-state index contributed by atoms with van der Waals surface area (Å²) in [6.45, 7) is 13.0. The zero-order valence-corrected chi connectivity index (χ0v) is 27.3. The molecule has 1 aliphatic rings. The van der Waals surface area contributed by atoms with Crippen molar-refractivity contribution in [2.24, 2.45) is 0 Å². The summed E-state index contributed by atoms with van der Waals surface area (Å²) in [5.41, 5.74) is 10.8. The number of ether oxygens (including phenoxy) is 1. The molecule has 44 heavy (non-hydrogen) atoms. The van der Waals surface area contributed by atoms with Crippen molar-refractivity contribution in [3.63, 3.8) is 0 Å². The van der Waals surface area contributed by atoms with Gasteiger partial charge in [0.05, 0.1) is 18.9 Å². The maximum absolute atomic E-state index is 12.6. The molecule has 0 amide bonds. The standard InChI is InChI=1S/C34H47N5O4S/c1-5-38(30(12-18-44)7-6-15-40)32-20-29(28-10-8-27(9-11-28)23-37-13-16-43-17-14-37)21-33(26(32)4)39(42)35-22-31-24(2)19-25(3)36-34(31)41/h8-11,15,19-21,30,35,42,44H,5-7,12-14,16-18,22-23H2,1-4H3,(H,36,41). The van der Waals surface area contributed by atoms with Crippen molar-refractivity contribution in [3.8, 4) is 11.1 Å². The van der Waals surface area contributed by atoms with Crippen LogP contribution >= 0.6 is 12.6 Å². The summed E-state index contributed by atoms with van der Waals surface area (Å²) in [7, 11) is 0. The van der Waals surface area contributed by atoms with Gasteiger partial charge in [-0.05, 0) is 92.3 Å². The number of anilines is 2. The molecule has 2 heterocycles. The summed E-state index contributed by atoms with van der Waals surface area (Å²) >= 11 is 4.51. The first-order valence-electron chi connectivity index (χ1n) is 15.5. The quantitative estimate of drug-likeness (QED) is 0.105. The number of rotatable bonds is 15. The number of aromatic amines is 1. The van der Waals surface area contributed by atoms with Crippen molar-refractivity contribution in [1.29, 1.82) is 0 Å². The van der Waals surface area contributed by atoms with Crippen molar-refractivity contribution in [2.45, 2.75) is 66.1 Å². The number of H-pyrrole nitrogens is 1. The molecule has 4 rings (SSSR count). The third kappa shape index (κ3) is 8.51. The van der Waals surface area contributed by atoms with Crippen LogP contribution < -0.4 is 21.1 Å². The summed E-state index contributed by atoms with van der Waals surface area (Å²) in [5.74, 6) is 0.703. The van der Waals surface area contributed by atoms with Crippen molar-refractivity contribution >= 4 is 30.3 Å². The smallest absolute Gasteiger partial charge is 0.252 e. The van der Waals surface area contributed by atoms with Crippen molar-refractivity contribution in [2.75, 3.05) is 48.7 Å². The van der Waals surface area contributed by atoms with Gasteiger partial charge in [0.1, 0.15) is 6.29 Å². The molecule has 0 aliphatic carbocycles. The van der Waals surface area contributed by atoms with Crippen molar-refractivity contribution in [3.05, 3.63) is 80.8 Å². The van der Waals surface area contributed by atoms with Gasteiger partial charge < -0.3 is 19.4 Å². The molecule has 0 saturated carbocycles. The number of hydrogen-bond donors (Lipinski definition) is 4. The molecular formula is C34H47N5O4S. The van der Waals surface area contributed by atoms with Crippen LogP contribution in [0.2, 0.25) is 0 Å². The van der Waals surface area contributed by atoms with Gasteiger partial charge in [-0.1, -0.05) is 24.3 Å². The molecule has 1 aliphatic heterocycles. The van der Waals surface area contributed by atoms with Gasteiger partial charge in [0.15, 0.2) is 0 Å². The highest BCUT2D eigenvalue weighted by Gasteiger charge is 2.23. The Bertz CT molecular complexity index is 1440. The number of nitrogens with one attached hydrogen (secondary N) is 2. The van der Waals surface area contributed by atoms with Crippen LogP contribution in [0.15, 0.2) is 47.3 Å². The van der Waals surface area contributed by atoms with E-state index < -0.39 is 0 Å². The van der Waals surface area contributed by atoms with E-state index in [0.29, 0.717) is 23.4 Å². The largest absolute Gasteiger partial charge is 0.379 e. The van der Waals surface area contributed by atoms with Crippen LogP contribution in [0, 0.1) is 20.8 Å². The van der Waals surface area contributed by atoms with Gasteiger partial charge in [-0.15, -0.1) is 0 Å². The van der Waals surface area contributed by atoms with E-state index in [0.717, 1.165) is 97.3 Å². The molecule has 3 N–H and O–H groups in total. The fraction of sp³-hybridized carbons (Fsp3) is 0.471. The number of morpholine rings is 1. The number of aldehydes is 1. The first-order valence-corrected chi connectivity index (χ1v) is 16.2. The summed E-state index contributed by atoms with van der Waals surface area (Å²) in [6.07, 6.45) is 3.00. The number of thiol groups is 1. The third-order valence-electron chi connectivity index (χ3n) is 8.45. The van der Waals surface area contributed by atoms with Crippen LogP contribution in [0.4, 0.5) is 11.4 Å². The molecule has 238 valence electrons. The Kier molecular flexibility index (Phi) is 12.5. The lowest BCUT2D eigenvalue weighted by molar-refractivity contribution is -0.108. The molecule has 0 spiro atoms. The number of hydrazine groups is 1. The minimum Gasteiger partial charge on any atom is -0.379 e. The Balaban J connectivity index is 1.70. The van der Waals surface area contributed by atoms with Gasteiger partial charge in [-0.3, -0.25) is 14.9 Å². The average molecular weight is 622 g/mol. The molecule has 2 aromatic carbocycles. The lowest BCUT2D eigenvalue weighted by Gasteiger charge is -2.35. The molecular weight excluding hydrogens is 574 g/mol. The molecule has 1 unspecified atom stereocenters. The van der Waals surface area contributed by atoms with E-state index in [2.05, 4.69) is 70.1 Å². The van der Waals surface area contributed by atoms with E-state index in [4.69, 9.17) is 4.74 Å². The number of nitrogens with zero attached hydrogens (tertiary/aromatic N) is 3. The molecule has 1 atom stereocenters. The van der Waals surface area contributed by atoms with Crippen LogP contribution in [0.5, 0.6) is 0 Å². The van der Waals surface area contributed by atoms with Gasteiger partial charge in [0.25, 0.3) is 5.56 Å². The minimum absolute atomic E-state index is 0.120. The summed E-state index contributed by atoms with van der Waals surface area (Å²) in [4.78, 5) is 31.5. The van der Waals surface area contributed by atoms with E-state index in [1.165, 1.54) is 5.56 Å².